The van der Waals surface area contributed by atoms with Crippen molar-refractivity contribution in [2.24, 2.45) is 0 Å². The molecule has 0 aromatic heterocycles. The van der Waals surface area contributed by atoms with E-state index in [4.69, 9.17) is 0 Å². The highest BCUT2D eigenvalue weighted by atomic mass is 16.1. The van der Waals surface area contributed by atoms with Crippen LogP contribution in [0.4, 0.5) is 0 Å². The molecule has 1 rings (SSSR count). The summed E-state index contributed by atoms with van der Waals surface area (Å²) in [6, 6.07) is 7.96. The summed E-state index contributed by atoms with van der Waals surface area (Å²) in [4.78, 5) is 10.1. The molecule has 0 aliphatic rings. The molecule has 0 aliphatic heterocycles. The van der Waals surface area contributed by atoms with Gasteiger partial charge in [0, 0.05) is 0 Å². The van der Waals surface area contributed by atoms with Crippen molar-refractivity contribution < 1.29 is 4.79 Å². The lowest BCUT2D eigenvalue weighted by molar-refractivity contribution is -0.104. The summed E-state index contributed by atoms with van der Waals surface area (Å²) in [6.45, 7) is 3.68. The van der Waals surface area contributed by atoms with Gasteiger partial charge < -0.3 is 0 Å². The lowest BCUT2D eigenvalue weighted by atomic mass is 10.0. The maximum Gasteiger partial charge on any atom is 0.142 e. The van der Waals surface area contributed by atoms with E-state index in [0.29, 0.717) is 0 Å². The van der Waals surface area contributed by atoms with Gasteiger partial charge in [-0.05, 0) is 23.6 Å². The Labute approximate surface area is 78.4 Å². The predicted molar refractivity (Wildman–Crippen MR) is 55.4 cm³/mol. The summed E-state index contributed by atoms with van der Waals surface area (Å²) in [5.41, 5.74) is 2.27. The first-order chi connectivity index (χ1) is 6.38. The van der Waals surface area contributed by atoms with Gasteiger partial charge in [0.1, 0.15) is 6.29 Å². The molecular formula is C12H12O. The van der Waals surface area contributed by atoms with Crippen LogP contribution in [0.25, 0.3) is 6.08 Å². The maximum atomic E-state index is 10.1. The Morgan fingerprint density at radius 1 is 1.31 bits per heavy atom. The summed E-state index contributed by atoms with van der Waals surface area (Å²) in [5, 5.41) is 0. The Kier molecular flexibility index (Phi) is 3.71. The Balaban J connectivity index is 2.96. The highest BCUT2D eigenvalue weighted by Crippen LogP contribution is 2.11. The fraction of sp³-hybridized carbons (Fsp3) is 0.0833. The molecule has 66 valence electrons. The van der Waals surface area contributed by atoms with E-state index in [1.54, 1.807) is 0 Å². The van der Waals surface area contributed by atoms with Gasteiger partial charge in [-0.3, -0.25) is 4.79 Å². The van der Waals surface area contributed by atoms with Gasteiger partial charge >= 0.3 is 0 Å². The van der Waals surface area contributed by atoms with E-state index in [1.807, 2.05) is 36.4 Å². The van der Waals surface area contributed by atoms with Crippen molar-refractivity contribution in [3.05, 3.63) is 54.1 Å². The Morgan fingerprint density at radius 3 is 2.77 bits per heavy atom. The van der Waals surface area contributed by atoms with Crippen molar-refractivity contribution in [2.45, 2.75) is 6.42 Å². The molecule has 1 nitrogen and oxygen atoms in total. The normalized spacial score (nSPS) is 10.2. The predicted octanol–water partition coefficient (Wildman–Crippen LogP) is 2.63. The van der Waals surface area contributed by atoms with Crippen LogP contribution in [0.5, 0.6) is 0 Å². The number of benzene rings is 1. The standard InChI is InChI=1S/C12H12O/c1-2-6-11-7-3-4-8-12(11)9-5-10-13/h2-5,7-10H,1,6H2/b9-5+. The van der Waals surface area contributed by atoms with Crippen molar-refractivity contribution in [1.29, 1.82) is 0 Å². The second-order valence-electron chi connectivity index (χ2n) is 2.69. The molecule has 0 N–H and O–H groups in total. The first-order valence-electron chi connectivity index (χ1n) is 4.19. The second kappa shape index (κ2) is 5.09. The van der Waals surface area contributed by atoms with E-state index in [-0.39, 0.29) is 0 Å². The summed E-state index contributed by atoms with van der Waals surface area (Å²) in [7, 11) is 0. The summed E-state index contributed by atoms with van der Waals surface area (Å²) < 4.78 is 0. The largest absolute Gasteiger partial charge is 0.299 e. The molecule has 0 saturated carbocycles. The number of allylic oxidation sites excluding steroid dienone is 2. The monoisotopic (exact) mass is 172 g/mol. The first kappa shape index (κ1) is 9.46. The Hall–Kier alpha value is -1.63. The third-order valence-electron chi connectivity index (χ3n) is 1.77. The molecule has 0 spiro atoms. The smallest absolute Gasteiger partial charge is 0.142 e. The number of hydrogen-bond donors (Lipinski definition) is 0. The van der Waals surface area contributed by atoms with E-state index in [2.05, 4.69) is 6.58 Å². The van der Waals surface area contributed by atoms with Gasteiger partial charge in [-0.25, -0.2) is 0 Å². The molecule has 0 unspecified atom stereocenters. The van der Waals surface area contributed by atoms with Crippen LogP contribution in [-0.4, -0.2) is 6.29 Å². The molecule has 1 aromatic carbocycles. The van der Waals surface area contributed by atoms with Crippen LogP contribution in [0.1, 0.15) is 11.1 Å². The van der Waals surface area contributed by atoms with Crippen molar-refractivity contribution in [2.75, 3.05) is 0 Å². The van der Waals surface area contributed by atoms with E-state index in [1.165, 1.54) is 11.6 Å². The summed E-state index contributed by atoms with van der Waals surface area (Å²) in [6.07, 6.45) is 6.78. The molecule has 13 heavy (non-hydrogen) atoms. The zero-order chi connectivity index (χ0) is 9.52. The summed E-state index contributed by atoms with van der Waals surface area (Å²) in [5.74, 6) is 0. The van der Waals surface area contributed by atoms with Gasteiger partial charge in [0.2, 0.25) is 0 Å². The first-order valence-corrected chi connectivity index (χ1v) is 4.19. The van der Waals surface area contributed by atoms with Crippen LogP contribution in [-0.2, 0) is 11.2 Å². The molecule has 0 amide bonds. The molecule has 0 bridgehead atoms. The molecular weight excluding hydrogens is 160 g/mol. The minimum absolute atomic E-state index is 0.782. The number of hydrogen-bond acceptors (Lipinski definition) is 1. The van der Waals surface area contributed by atoms with Crippen molar-refractivity contribution in [3.63, 3.8) is 0 Å². The molecule has 0 saturated heterocycles. The quantitative estimate of drug-likeness (QED) is 0.387. The zero-order valence-electron chi connectivity index (χ0n) is 7.44. The number of carbonyl (C=O) groups excluding carboxylic acids is 1. The minimum atomic E-state index is 0.782. The van der Waals surface area contributed by atoms with Crippen molar-refractivity contribution in [1.82, 2.24) is 0 Å². The van der Waals surface area contributed by atoms with Gasteiger partial charge in [-0.15, -0.1) is 6.58 Å². The molecule has 0 aliphatic carbocycles. The van der Waals surface area contributed by atoms with Gasteiger partial charge in [0.05, 0.1) is 0 Å². The fourth-order valence-corrected chi connectivity index (χ4v) is 1.18. The highest BCUT2D eigenvalue weighted by Gasteiger charge is 1.94. The van der Waals surface area contributed by atoms with Gasteiger partial charge in [-0.2, -0.15) is 0 Å². The maximum absolute atomic E-state index is 10.1. The van der Waals surface area contributed by atoms with Crippen LogP contribution in [0.2, 0.25) is 0 Å². The zero-order valence-corrected chi connectivity index (χ0v) is 7.44. The average Bonchev–Trinajstić information content (AvgIpc) is 2.17. The Morgan fingerprint density at radius 2 is 2.08 bits per heavy atom. The average molecular weight is 172 g/mol. The summed E-state index contributed by atoms with van der Waals surface area (Å²) >= 11 is 0. The fourth-order valence-electron chi connectivity index (χ4n) is 1.18. The molecule has 1 aromatic rings. The number of rotatable bonds is 4. The highest BCUT2D eigenvalue weighted by molar-refractivity contribution is 5.74. The lowest BCUT2D eigenvalue weighted by Gasteiger charge is -2.01. The van der Waals surface area contributed by atoms with Crippen LogP contribution in [0.3, 0.4) is 0 Å². The van der Waals surface area contributed by atoms with Gasteiger partial charge in [-0.1, -0.05) is 36.4 Å². The van der Waals surface area contributed by atoms with E-state index < -0.39 is 0 Å². The molecule has 0 radical (unpaired) electrons. The van der Waals surface area contributed by atoms with Crippen LogP contribution >= 0.6 is 0 Å². The number of aldehydes is 1. The Bertz CT molecular complexity index is 324. The van der Waals surface area contributed by atoms with Gasteiger partial charge in [0.15, 0.2) is 0 Å². The molecule has 1 heteroatoms. The second-order valence-corrected chi connectivity index (χ2v) is 2.69. The lowest BCUT2D eigenvalue weighted by Crippen LogP contribution is -1.85. The molecule has 0 heterocycles. The topological polar surface area (TPSA) is 17.1 Å². The third-order valence-corrected chi connectivity index (χ3v) is 1.77. The van der Waals surface area contributed by atoms with Crippen molar-refractivity contribution >= 4 is 12.4 Å². The van der Waals surface area contributed by atoms with Crippen LogP contribution < -0.4 is 0 Å². The van der Waals surface area contributed by atoms with Crippen LogP contribution in [0.15, 0.2) is 43.0 Å². The van der Waals surface area contributed by atoms with E-state index in [9.17, 15) is 4.79 Å². The third kappa shape index (κ3) is 2.71. The van der Waals surface area contributed by atoms with Crippen LogP contribution in [0, 0.1) is 0 Å². The SMILES string of the molecule is C=CCc1ccccc1/C=C/C=O. The van der Waals surface area contributed by atoms with Crippen molar-refractivity contribution in [3.8, 4) is 0 Å². The van der Waals surface area contributed by atoms with Gasteiger partial charge in [0.25, 0.3) is 0 Å². The molecule has 0 atom stereocenters. The van der Waals surface area contributed by atoms with E-state index >= 15 is 0 Å². The number of carbonyl (C=O) groups is 1. The van der Waals surface area contributed by atoms with E-state index in [0.717, 1.165) is 18.3 Å². The minimum Gasteiger partial charge on any atom is -0.299 e. The molecule has 0 fully saturated rings.